The van der Waals surface area contributed by atoms with E-state index in [1.807, 2.05) is 30.3 Å². The van der Waals surface area contributed by atoms with Crippen LogP contribution in [0.3, 0.4) is 0 Å². The first kappa shape index (κ1) is 18.6. The summed E-state index contributed by atoms with van der Waals surface area (Å²) in [6.07, 6.45) is 4.62. The van der Waals surface area contributed by atoms with Crippen molar-refractivity contribution in [2.75, 3.05) is 18.4 Å². The van der Waals surface area contributed by atoms with Crippen LogP contribution in [0.25, 0.3) is 0 Å². The summed E-state index contributed by atoms with van der Waals surface area (Å²) in [5.74, 6) is -0.137. The molecule has 0 aliphatic heterocycles. The lowest BCUT2D eigenvalue weighted by Crippen LogP contribution is -2.26. The van der Waals surface area contributed by atoms with E-state index in [0.29, 0.717) is 12.2 Å². The monoisotopic (exact) mass is 359 g/mol. The minimum absolute atomic E-state index is 0.137. The minimum atomic E-state index is -0.137. The summed E-state index contributed by atoms with van der Waals surface area (Å²) < 4.78 is 0. The molecule has 2 aromatic carbocycles. The summed E-state index contributed by atoms with van der Waals surface area (Å²) in [6.45, 7) is 1.48. The molecule has 1 amide bonds. The third-order valence-corrected chi connectivity index (χ3v) is 4.35. The van der Waals surface area contributed by atoms with Crippen molar-refractivity contribution in [1.29, 1.82) is 0 Å². The third-order valence-electron chi connectivity index (χ3n) is 4.35. The smallest absolute Gasteiger partial charge is 0.269 e. The lowest BCUT2D eigenvalue weighted by molar-refractivity contribution is 0.0949. The molecule has 0 saturated carbocycles. The molecule has 0 aliphatic carbocycles. The average Bonchev–Trinajstić information content (AvgIpc) is 2.73. The topological polar surface area (TPSA) is 54.0 Å². The number of carbonyl (C=O) groups excluding carboxylic acids is 1. The fourth-order valence-electron chi connectivity index (χ4n) is 2.86. The highest BCUT2D eigenvalue weighted by Gasteiger charge is 2.06. The van der Waals surface area contributed by atoms with Gasteiger partial charge in [-0.25, -0.2) is 4.98 Å². The van der Waals surface area contributed by atoms with Gasteiger partial charge in [0, 0.05) is 13.1 Å². The van der Waals surface area contributed by atoms with Crippen LogP contribution in [0.4, 0.5) is 5.69 Å². The molecule has 0 fully saturated rings. The molecule has 1 heterocycles. The number of aromatic nitrogens is 1. The number of carbonyl (C=O) groups is 1. The SMILES string of the molecule is O=C(NCCc1ccccc1)c1ccc(NCCCc2ccccc2)cn1. The van der Waals surface area contributed by atoms with Crippen molar-refractivity contribution in [2.45, 2.75) is 19.3 Å². The highest BCUT2D eigenvalue weighted by atomic mass is 16.1. The van der Waals surface area contributed by atoms with Crippen LogP contribution < -0.4 is 10.6 Å². The second-order valence-electron chi connectivity index (χ2n) is 6.44. The maximum atomic E-state index is 12.2. The molecule has 0 atom stereocenters. The molecule has 0 aliphatic rings. The quantitative estimate of drug-likeness (QED) is 0.566. The van der Waals surface area contributed by atoms with E-state index in [4.69, 9.17) is 0 Å². The van der Waals surface area contributed by atoms with Gasteiger partial charge in [-0.15, -0.1) is 0 Å². The van der Waals surface area contributed by atoms with Crippen LogP contribution in [0.1, 0.15) is 28.0 Å². The zero-order valence-electron chi connectivity index (χ0n) is 15.4. The van der Waals surface area contributed by atoms with Crippen LogP contribution in [-0.4, -0.2) is 24.0 Å². The van der Waals surface area contributed by atoms with E-state index in [1.165, 1.54) is 11.1 Å². The number of pyridine rings is 1. The van der Waals surface area contributed by atoms with Gasteiger partial charge in [0.15, 0.2) is 0 Å². The summed E-state index contributed by atoms with van der Waals surface area (Å²) in [6, 6.07) is 24.2. The molecule has 3 aromatic rings. The highest BCUT2D eigenvalue weighted by Crippen LogP contribution is 2.08. The molecule has 0 unspecified atom stereocenters. The molecule has 138 valence electrons. The molecule has 3 rings (SSSR count). The molecular formula is C23H25N3O. The van der Waals surface area contributed by atoms with Crippen LogP contribution in [0.15, 0.2) is 79.0 Å². The summed E-state index contributed by atoms with van der Waals surface area (Å²) >= 11 is 0. The van der Waals surface area contributed by atoms with E-state index in [9.17, 15) is 4.79 Å². The van der Waals surface area contributed by atoms with Crippen molar-refractivity contribution >= 4 is 11.6 Å². The summed E-state index contributed by atoms with van der Waals surface area (Å²) in [4.78, 5) is 16.4. The number of aryl methyl sites for hydroxylation is 1. The Morgan fingerprint density at radius 1 is 0.778 bits per heavy atom. The second-order valence-corrected chi connectivity index (χ2v) is 6.44. The van der Waals surface area contributed by atoms with E-state index < -0.39 is 0 Å². The minimum Gasteiger partial charge on any atom is -0.384 e. The molecule has 0 bridgehead atoms. The Balaban J connectivity index is 1.38. The van der Waals surface area contributed by atoms with Crippen molar-refractivity contribution in [3.05, 3.63) is 95.8 Å². The number of nitrogens with zero attached hydrogens (tertiary/aromatic N) is 1. The Morgan fingerprint density at radius 3 is 2.07 bits per heavy atom. The van der Waals surface area contributed by atoms with Crippen LogP contribution >= 0.6 is 0 Å². The largest absolute Gasteiger partial charge is 0.384 e. The molecule has 0 spiro atoms. The zero-order valence-corrected chi connectivity index (χ0v) is 15.4. The molecular weight excluding hydrogens is 334 g/mol. The van der Waals surface area contributed by atoms with E-state index >= 15 is 0 Å². The van der Waals surface area contributed by atoms with Gasteiger partial charge < -0.3 is 10.6 Å². The van der Waals surface area contributed by atoms with Crippen LogP contribution in [-0.2, 0) is 12.8 Å². The van der Waals surface area contributed by atoms with Gasteiger partial charge in [-0.2, -0.15) is 0 Å². The molecule has 0 radical (unpaired) electrons. The van der Waals surface area contributed by atoms with Gasteiger partial charge >= 0.3 is 0 Å². The van der Waals surface area contributed by atoms with E-state index in [0.717, 1.165) is 31.5 Å². The number of rotatable bonds is 9. The molecule has 4 heteroatoms. The Kier molecular flexibility index (Phi) is 6.99. The third kappa shape index (κ3) is 6.26. The second kappa shape index (κ2) is 10.1. The fraction of sp³-hybridized carbons (Fsp3) is 0.217. The lowest BCUT2D eigenvalue weighted by Gasteiger charge is -2.08. The van der Waals surface area contributed by atoms with Crippen LogP contribution in [0.2, 0.25) is 0 Å². The Hall–Kier alpha value is -3.14. The summed E-state index contributed by atoms with van der Waals surface area (Å²) in [7, 11) is 0. The first-order valence-corrected chi connectivity index (χ1v) is 9.37. The lowest BCUT2D eigenvalue weighted by atomic mass is 10.1. The van der Waals surface area contributed by atoms with E-state index in [1.54, 1.807) is 12.3 Å². The first-order chi connectivity index (χ1) is 13.3. The molecule has 4 nitrogen and oxygen atoms in total. The highest BCUT2D eigenvalue weighted by molar-refractivity contribution is 5.92. The number of hydrogen-bond acceptors (Lipinski definition) is 3. The van der Waals surface area contributed by atoms with E-state index in [-0.39, 0.29) is 5.91 Å². The maximum absolute atomic E-state index is 12.2. The van der Waals surface area contributed by atoms with Crippen molar-refractivity contribution < 1.29 is 4.79 Å². The van der Waals surface area contributed by atoms with Gasteiger partial charge in [0.2, 0.25) is 0 Å². The fourth-order valence-corrected chi connectivity index (χ4v) is 2.86. The Morgan fingerprint density at radius 2 is 1.44 bits per heavy atom. The first-order valence-electron chi connectivity index (χ1n) is 9.37. The van der Waals surface area contributed by atoms with Gasteiger partial charge in [0.1, 0.15) is 5.69 Å². The van der Waals surface area contributed by atoms with Gasteiger partial charge in [0.25, 0.3) is 5.91 Å². The number of anilines is 1. The number of hydrogen-bond donors (Lipinski definition) is 2. The summed E-state index contributed by atoms with van der Waals surface area (Å²) in [5.41, 5.74) is 3.93. The van der Waals surface area contributed by atoms with E-state index in [2.05, 4.69) is 52.0 Å². The van der Waals surface area contributed by atoms with Crippen LogP contribution in [0.5, 0.6) is 0 Å². The molecule has 27 heavy (non-hydrogen) atoms. The molecule has 2 N–H and O–H groups in total. The average molecular weight is 359 g/mol. The van der Waals surface area contributed by atoms with Crippen molar-refractivity contribution in [3.8, 4) is 0 Å². The van der Waals surface area contributed by atoms with Crippen molar-refractivity contribution in [3.63, 3.8) is 0 Å². The van der Waals surface area contributed by atoms with Gasteiger partial charge in [-0.1, -0.05) is 60.7 Å². The maximum Gasteiger partial charge on any atom is 0.269 e. The van der Waals surface area contributed by atoms with Gasteiger partial charge in [-0.05, 0) is 42.5 Å². The predicted octanol–water partition coefficient (Wildman–Crippen LogP) is 4.10. The van der Waals surface area contributed by atoms with Gasteiger partial charge in [0.05, 0.1) is 11.9 Å². The standard InChI is InChI=1S/C23H25N3O/c27-23(25-17-15-20-10-5-2-6-11-20)22-14-13-21(18-26-22)24-16-7-12-19-8-3-1-4-9-19/h1-6,8-11,13-14,18,24H,7,12,15-17H2,(H,25,27). The normalized spacial score (nSPS) is 10.4. The number of amides is 1. The number of nitrogens with one attached hydrogen (secondary N) is 2. The molecule has 1 aromatic heterocycles. The number of benzene rings is 2. The van der Waals surface area contributed by atoms with Crippen LogP contribution in [0, 0.1) is 0 Å². The van der Waals surface area contributed by atoms with Gasteiger partial charge in [-0.3, -0.25) is 4.79 Å². The zero-order chi connectivity index (χ0) is 18.7. The molecule has 0 saturated heterocycles. The predicted molar refractivity (Wildman–Crippen MR) is 110 cm³/mol. The summed E-state index contributed by atoms with van der Waals surface area (Å²) in [5, 5.41) is 6.27. The Labute approximate surface area is 160 Å². The van der Waals surface area contributed by atoms with Crippen molar-refractivity contribution in [1.82, 2.24) is 10.3 Å². The Bertz CT molecular complexity index is 817. The van der Waals surface area contributed by atoms with Crippen molar-refractivity contribution in [2.24, 2.45) is 0 Å².